The third kappa shape index (κ3) is 3.97. The Labute approximate surface area is 127 Å². The minimum Gasteiger partial charge on any atom is -0.347 e. The molecule has 0 spiro atoms. The minimum absolute atomic E-state index is 0. The Balaban J connectivity index is 0.00000200. The molecule has 1 aliphatic heterocycles. The van der Waals surface area contributed by atoms with Gasteiger partial charge in [-0.1, -0.05) is 26.0 Å². The molecule has 2 rings (SSSR count). The van der Waals surface area contributed by atoms with Crippen molar-refractivity contribution in [2.24, 2.45) is 5.92 Å². The SMILES string of the molecule is CCc1ccc(C(=O)NC2C(C)CCNC2C)cc1.Cl. The van der Waals surface area contributed by atoms with Gasteiger partial charge in [-0.3, -0.25) is 4.79 Å². The zero-order valence-electron chi connectivity index (χ0n) is 12.5. The number of piperidine rings is 1. The summed E-state index contributed by atoms with van der Waals surface area (Å²) in [5.41, 5.74) is 2.01. The highest BCUT2D eigenvalue weighted by molar-refractivity contribution is 5.94. The topological polar surface area (TPSA) is 41.1 Å². The molecule has 3 unspecified atom stereocenters. The fourth-order valence-corrected chi connectivity index (χ4v) is 2.73. The van der Waals surface area contributed by atoms with Gasteiger partial charge in [-0.25, -0.2) is 0 Å². The van der Waals surface area contributed by atoms with Crippen LogP contribution in [0.3, 0.4) is 0 Å². The Hall–Kier alpha value is -1.06. The van der Waals surface area contributed by atoms with Crippen LogP contribution in [-0.4, -0.2) is 24.5 Å². The molecule has 20 heavy (non-hydrogen) atoms. The van der Waals surface area contributed by atoms with Gasteiger partial charge in [0.1, 0.15) is 0 Å². The normalized spacial score (nSPS) is 25.6. The van der Waals surface area contributed by atoms with Crippen molar-refractivity contribution < 1.29 is 4.79 Å². The minimum atomic E-state index is 0. The van der Waals surface area contributed by atoms with E-state index in [4.69, 9.17) is 0 Å². The number of nitrogens with one attached hydrogen (secondary N) is 2. The molecule has 0 radical (unpaired) electrons. The van der Waals surface area contributed by atoms with Gasteiger partial charge < -0.3 is 10.6 Å². The van der Waals surface area contributed by atoms with E-state index in [-0.39, 0.29) is 24.4 Å². The lowest BCUT2D eigenvalue weighted by Gasteiger charge is -2.36. The molecule has 2 N–H and O–H groups in total. The standard InChI is InChI=1S/C16H24N2O.ClH/c1-4-13-5-7-14(8-6-13)16(19)18-15-11(2)9-10-17-12(15)3;/h5-8,11-12,15,17H,4,9-10H2,1-3H3,(H,18,19);1H. The predicted molar refractivity (Wildman–Crippen MR) is 85.6 cm³/mol. The fraction of sp³-hybridized carbons (Fsp3) is 0.562. The lowest BCUT2D eigenvalue weighted by molar-refractivity contribution is 0.0897. The summed E-state index contributed by atoms with van der Waals surface area (Å²) in [5.74, 6) is 0.560. The van der Waals surface area contributed by atoms with E-state index in [1.165, 1.54) is 5.56 Å². The molecule has 1 fully saturated rings. The number of hydrogen-bond donors (Lipinski definition) is 2. The Morgan fingerprint density at radius 1 is 1.30 bits per heavy atom. The van der Waals surface area contributed by atoms with Crippen molar-refractivity contribution in [3.05, 3.63) is 35.4 Å². The van der Waals surface area contributed by atoms with Crippen molar-refractivity contribution in [2.75, 3.05) is 6.54 Å². The number of rotatable bonds is 3. The Kier molecular flexibility index (Phi) is 6.50. The summed E-state index contributed by atoms with van der Waals surface area (Å²) < 4.78 is 0. The summed E-state index contributed by atoms with van der Waals surface area (Å²) in [6.45, 7) is 7.51. The van der Waals surface area contributed by atoms with Crippen molar-refractivity contribution in [1.29, 1.82) is 0 Å². The quantitative estimate of drug-likeness (QED) is 0.900. The largest absolute Gasteiger partial charge is 0.347 e. The van der Waals surface area contributed by atoms with Crippen LogP contribution in [0.5, 0.6) is 0 Å². The first-order chi connectivity index (χ1) is 9.11. The molecule has 1 heterocycles. The molecular formula is C16H25ClN2O. The first kappa shape index (κ1) is 17.0. The monoisotopic (exact) mass is 296 g/mol. The van der Waals surface area contributed by atoms with Crippen LogP contribution in [0.25, 0.3) is 0 Å². The summed E-state index contributed by atoms with van der Waals surface area (Å²) in [5, 5.41) is 6.59. The van der Waals surface area contributed by atoms with Crippen molar-refractivity contribution >= 4 is 18.3 Å². The molecule has 3 nitrogen and oxygen atoms in total. The average Bonchev–Trinajstić information content (AvgIpc) is 2.43. The fourth-order valence-electron chi connectivity index (χ4n) is 2.73. The van der Waals surface area contributed by atoms with Crippen LogP contribution >= 0.6 is 12.4 Å². The maximum absolute atomic E-state index is 12.3. The molecule has 1 aromatic carbocycles. The van der Waals surface area contributed by atoms with Crippen molar-refractivity contribution in [1.82, 2.24) is 10.6 Å². The van der Waals surface area contributed by atoms with Crippen molar-refractivity contribution in [2.45, 2.75) is 45.7 Å². The lowest BCUT2D eigenvalue weighted by Crippen LogP contribution is -2.55. The molecule has 1 amide bonds. The number of benzene rings is 1. The van der Waals surface area contributed by atoms with Crippen LogP contribution in [0, 0.1) is 5.92 Å². The molecule has 1 saturated heterocycles. The number of amides is 1. The predicted octanol–water partition coefficient (Wildman–Crippen LogP) is 2.79. The lowest BCUT2D eigenvalue weighted by atomic mass is 9.89. The maximum Gasteiger partial charge on any atom is 0.251 e. The number of carbonyl (C=O) groups is 1. The van der Waals surface area contributed by atoms with E-state index in [1.807, 2.05) is 24.3 Å². The van der Waals surface area contributed by atoms with Gasteiger partial charge in [0.25, 0.3) is 5.91 Å². The van der Waals surface area contributed by atoms with Gasteiger partial charge in [-0.05, 0) is 49.9 Å². The summed E-state index contributed by atoms with van der Waals surface area (Å²) in [6.07, 6.45) is 2.12. The summed E-state index contributed by atoms with van der Waals surface area (Å²) >= 11 is 0. The molecule has 4 heteroatoms. The van der Waals surface area contributed by atoms with Crippen LogP contribution in [0.2, 0.25) is 0 Å². The third-order valence-corrected chi connectivity index (χ3v) is 4.14. The summed E-state index contributed by atoms with van der Waals surface area (Å²) in [7, 11) is 0. The highest BCUT2D eigenvalue weighted by Gasteiger charge is 2.28. The second-order valence-electron chi connectivity index (χ2n) is 5.56. The first-order valence-corrected chi connectivity index (χ1v) is 7.25. The molecule has 0 bridgehead atoms. The smallest absolute Gasteiger partial charge is 0.251 e. The highest BCUT2D eigenvalue weighted by Crippen LogP contribution is 2.17. The zero-order valence-corrected chi connectivity index (χ0v) is 13.3. The van der Waals surface area contributed by atoms with Crippen LogP contribution in [0.1, 0.15) is 43.1 Å². The van der Waals surface area contributed by atoms with Gasteiger partial charge in [0, 0.05) is 17.6 Å². The molecule has 0 aromatic heterocycles. The van der Waals surface area contributed by atoms with E-state index in [0.717, 1.165) is 24.9 Å². The van der Waals surface area contributed by atoms with Gasteiger partial charge in [0.05, 0.1) is 0 Å². The third-order valence-electron chi connectivity index (χ3n) is 4.14. The van der Waals surface area contributed by atoms with Crippen LogP contribution < -0.4 is 10.6 Å². The molecule has 0 aliphatic carbocycles. The maximum atomic E-state index is 12.3. The van der Waals surface area contributed by atoms with Gasteiger partial charge in [0.2, 0.25) is 0 Å². The van der Waals surface area contributed by atoms with Crippen molar-refractivity contribution in [3.63, 3.8) is 0 Å². The molecular weight excluding hydrogens is 272 g/mol. The second kappa shape index (κ2) is 7.65. The second-order valence-corrected chi connectivity index (χ2v) is 5.56. The Morgan fingerprint density at radius 3 is 2.50 bits per heavy atom. The summed E-state index contributed by atoms with van der Waals surface area (Å²) in [6, 6.07) is 8.44. The molecule has 1 aromatic rings. The number of aryl methyl sites for hydroxylation is 1. The van der Waals surface area contributed by atoms with Gasteiger partial charge in [0.15, 0.2) is 0 Å². The van der Waals surface area contributed by atoms with Crippen LogP contribution in [0.15, 0.2) is 24.3 Å². The van der Waals surface area contributed by atoms with Gasteiger partial charge in [-0.15, -0.1) is 12.4 Å². The Bertz CT molecular complexity index is 423. The molecule has 1 aliphatic rings. The van der Waals surface area contributed by atoms with E-state index >= 15 is 0 Å². The van der Waals surface area contributed by atoms with E-state index < -0.39 is 0 Å². The number of halogens is 1. The first-order valence-electron chi connectivity index (χ1n) is 7.25. The van der Waals surface area contributed by atoms with Gasteiger partial charge >= 0.3 is 0 Å². The zero-order chi connectivity index (χ0) is 13.8. The van der Waals surface area contributed by atoms with Crippen molar-refractivity contribution in [3.8, 4) is 0 Å². The Morgan fingerprint density at radius 2 is 1.95 bits per heavy atom. The molecule has 0 saturated carbocycles. The van der Waals surface area contributed by atoms with E-state index in [1.54, 1.807) is 0 Å². The van der Waals surface area contributed by atoms with E-state index in [2.05, 4.69) is 31.4 Å². The summed E-state index contributed by atoms with van der Waals surface area (Å²) in [4.78, 5) is 12.3. The molecule has 3 atom stereocenters. The molecule has 112 valence electrons. The van der Waals surface area contributed by atoms with E-state index in [0.29, 0.717) is 12.0 Å². The van der Waals surface area contributed by atoms with Crippen LogP contribution in [-0.2, 0) is 6.42 Å². The van der Waals surface area contributed by atoms with Crippen LogP contribution in [0.4, 0.5) is 0 Å². The number of hydrogen-bond acceptors (Lipinski definition) is 2. The average molecular weight is 297 g/mol. The van der Waals surface area contributed by atoms with E-state index in [9.17, 15) is 4.79 Å². The highest BCUT2D eigenvalue weighted by atomic mass is 35.5. The van der Waals surface area contributed by atoms with Gasteiger partial charge in [-0.2, -0.15) is 0 Å². The number of carbonyl (C=O) groups excluding carboxylic acids is 1.